The van der Waals surface area contributed by atoms with Gasteiger partial charge >= 0.3 is 0 Å². The second-order valence-electron chi connectivity index (χ2n) is 5.45. The fourth-order valence-electron chi connectivity index (χ4n) is 2.65. The van der Waals surface area contributed by atoms with Crippen molar-refractivity contribution in [3.05, 3.63) is 35.1 Å². The molecule has 1 fully saturated rings. The van der Waals surface area contributed by atoms with E-state index in [1.54, 1.807) is 6.07 Å². The van der Waals surface area contributed by atoms with Crippen LogP contribution >= 0.6 is 0 Å². The first-order valence-electron chi connectivity index (χ1n) is 7.03. The number of nitrogens with two attached hydrogens (primary N) is 1. The zero-order valence-electron chi connectivity index (χ0n) is 12.3. The minimum Gasteiger partial charge on any atom is -0.409 e. The van der Waals surface area contributed by atoms with E-state index in [2.05, 4.69) is 5.16 Å². The van der Waals surface area contributed by atoms with Gasteiger partial charge in [0.1, 0.15) is 5.82 Å². The molecule has 2 atom stereocenters. The maximum atomic E-state index is 13.3. The lowest BCUT2D eigenvalue weighted by Gasteiger charge is -2.32. The molecule has 6 heteroatoms. The number of ether oxygens (including phenoxy) is 2. The van der Waals surface area contributed by atoms with Gasteiger partial charge in [0.25, 0.3) is 0 Å². The molecule has 1 aliphatic rings. The van der Waals surface area contributed by atoms with Crippen LogP contribution in [-0.4, -0.2) is 29.4 Å². The van der Waals surface area contributed by atoms with Gasteiger partial charge in [-0.2, -0.15) is 0 Å². The van der Waals surface area contributed by atoms with Crippen molar-refractivity contribution in [3.8, 4) is 0 Å². The average molecular weight is 296 g/mol. The van der Waals surface area contributed by atoms with Crippen LogP contribution in [0.4, 0.5) is 4.39 Å². The molecule has 2 rings (SSSR count). The maximum Gasteiger partial charge on any atom is 0.170 e. The fraction of sp³-hybridized carbons (Fsp3) is 0.533. The summed E-state index contributed by atoms with van der Waals surface area (Å²) in [4.78, 5) is 0. The summed E-state index contributed by atoms with van der Waals surface area (Å²) in [6.07, 6.45) is 2.06. The average Bonchev–Trinajstić information content (AvgIpc) is 2.44. The summed E-state index contributed by atoms with van der Waals surface area (Å²) in [6.45, 7) is 4.33. The Bertz CT molecular complexity index is 512. The van der Waals surface area contributed by atoms with Crippen molar-refractivity contribution >= 4 is 5.84 Å². The van der Waals surface area contributed by atoms with Crippen LogP contribution in [0.5, 0.6) is 0 Å². The van der Waals surface area contributed by atoms with Crippen LogP contribution < -0.4 is 5.73 Å². The van der Waals surface area contributed by atoms with Gasteiger partial charge in [0.2, 0.25) is 0 Å². The van der Waals surface area contributed by atoms with Crippen LogP contribution in [0.15, 0.2) is 23.4 Å². The van der Waals surface area contributed by atoms with Crippen molar-refractivity contribution in [1.82, 2.24) is 0 Å². The van der Waals surface area contributed by atoms with Crippen molar-refractivity contribution in [3.63, 3.8) is 0 Å². The van der Waals surface area contributed by atoms with Crippen LogP contribution in [0.1, 0.15) is 37.8 Å². The van der Waals surface area contributed by atoms with Crippen molar-refractivity contribution in [2.75, 3.05) is 0 Å². The molecule has 1 aromatic rings. The van der Waals surface area contributed by atoms with E-state index in [4.69, 9.17) is 20.4 Å². The van der Waals surface area contributed by atoms with Gasteiger partial charge in [0.15, 0.2) is 5.84 Å². The van der Waals surface area contributed by atoms with Crippen molar-refractivity contribution in [2.45, 2.75) is 51.6 Å². The second-order valence-corrected chi connectivity index (χ2v) is 5.45. The first-order valence-corrected chi connectivity index (χ1v) is 7.03. The summed E-state index contributed by atoms with van der Waals surface area (Å²) >= 11 is 0. The van der Waals surface area contributed by atoms with E-state index in [9.17, 15) is 4.39 Å². The normalized spacial score (nSPS) is 26.8. The molecule has 0 aromatic heterocycles. The number of hydrogen-bond acceptors (Lipinski definition) is 4. The Morgan fingerprint density at radius 1 is 1.43 bits per heavy atom. The van der Waals surface area contributed by atoms with Gasteiger partial charge in [-0.05, 0) is 44.4 Å². The molecular formula is C15H21FN2O3. The molecule has 0 amide bonds. The molecule has 1 aliphatic heterocycles. The van der Waals surface area contributed by atoms with Crippen molar-refractivity contribution < 1.29 is 19.1 Å². The topological polar surface area (TPSA) is 77.1 Å². The number of nitrogens with zero attached hydrogens (tertiary/aromatic N) is 1. The fourth-order valence-corrected chi connectivity index (χ4v) is 2.65. The van der Waals surface area contributed by atoms with E-state index in [1.807, 2.05) is 13.8 Å². The smallest absolute Gasteiger partial charge is 0.170 e. The molecule has 1 heterocycles. The Labute approximate surface area is 123 Å². The minimum absolute atomic E-state index is 0.0916. The van der Waals surface area contributed by atoms with Crippen molar-refractivity contribution in [1.29, 1.82) is 0 Å². The molecule has 1 saturated heterocycles. The quantitative estimate of drug-likeness (QED) is 0.387. The number of oxime groups is 1. The molecule has 0 saturated carbocycles. The molecule has 0 bridgehead atoms. The monoisotopic (exact) mass is 296 g/mol. The van der Waals surface area contributed by atoms with E-state index in [0.717, 1.165) is 12.8 Å². The Morgan fingerprint density at radius 2 is 2.10 bits per heavy atom. The Hall–Kier alpha value is -1.66. The summed E-state index contributed by atoms with van der Waals surface area (Å²) < 4.78 is 24.8. The van der Waals surface area contributed by atoms with E-state index in [1.165, 1.54) is 12.1 Å². The molecule has 2 unspecified atom stereocenters. The predicted molar refractivity (Wildman–Crippen MR) is 76.7 cm³/mol. The highest BCUT2D eigenvalue weighted by Gasteiger charge is 2.25. The number of amidine groups is 1. The van der Waals surface area contributed by atoms with Gasteiger partial charge in [-0.15, -0.1) is 0 Å². The highest BCUT2D eigenvalue weighted by molar-refractivity contribution is 5.98. The van der Waals surface area contributed by atoms with E-state index in [-0.39, 0.29) is 30.8 Å². The van der Waals surface area contributed by atoms with Crippen molar-refractivity contribution in [2.24, 2.45) is 10.9 Å². The van der Waals surface area contributed by atoms with Crippen LogP contribution in [0, 0.1) is 5.82 Å². The largest absolute Gasteiger partial charge is 0.409 e. The third-order valence-corrected chi connectivity index (χ3v) is 3.58. The van der Waals surface area contributed by atoms with Crippen LogP contribution in [0.2, 0.25) is 0 Å². The highest BCUT2D eigenvalue weighted by atomic mass is 19.1. The lowest BCUT2D eigenvalue weighted by atomic mass is 10.0. The van der Waals surface area contributed by atoms with Crippen LogP contribution in [-0.2, 0) is 16.1 Å². The minimum atomic E-state index is -0.436. The van der Waals surface area contributed by atoms with Gasteiger partial charge in [-0.1, -0.05) is 11.2 Å². The van der Waals surface area contributed by atoms with Crippen LogP contribution in [0.25, 0.3) is 0 Å². The van der Waals surface area contributed by atoms with Gasteiger partial charge in [0.05, 0.1) is 24.9 Å². The predicted octanol–water partition coefficient (Wildman–Crippen LogP) is 2.39. The van der Waals surface area contributed by atoms with Gasteiger partial charge in [0, 0.05) is 5.56 Å². The second kappa shape index (κ2) is 6.87. The summed E-state index contributed by atoms with van der Waals surface area (Å²) in [6, 6.07) is 4.17. The van der Waals surface area contributed by atoms with E-state index >= 15 is 0 Å². The molecule has 1 aromatic carbocycles. The highest BCUT2D eigenvalue weighted by Crippen LogP contribution is 2.23. The number of rotatable bonds is 4. The molecule has 0 spiro atoms. The van der Waals surface area contributed by atoms with Gasteiger partial charge < -0.3 is 20.4 Å². The third-order valence-electron chi connectivity index (χ3n) is 3.58. The SMILES string of the molecule is CC1CC(OCc2ccc(F)cc2/C(N)=N/O)CC(C)O1. The first-order chi connectivity index (χ1) is 9.99. The Kier molecular flexibility index (Phi) is 5.14. The van der Waals surface area contributed by atoms with Crippen LogP contribution in [0.3, 0.4) is 0 Å². The first kappa shape index (κ1) is 15.7. The molecule has 3 N–H and O–H groups in total. The lowest BCUT2D eigenvalue weighted by molar-refractivity contribution is -0.106. The zero-order valence-corrected chi connectivity index (χ0v) is 12.3. The van der Waals surface area contributed by atoms with Gasteiger partial charge in [-0.25, -0.2) is 4.39 Å². The van der Waals surface area contributed by atoms with Gasteiger partial charge in [-0.3, -0.25) is 0 Å². The maximum absolute atomic E-state index is 13.3. The molecule has 5 nitrogen and oxygen atoms in total. The Morgan fingerprint density at radius 3 is 2.71 bits per heavy atom. The number of benzene rings is 1. The summed E-state index contributed by atoms with van der Waals surface area (Å²) in [5, 5.41) is 11.7. The lowest BCUT2D eigenvalue weighted by Crippen LogP contribution is -2.34. The molecule has 0 aliphatic carbocycles. The summed E-state index contributed by atoms with van der Waals surface area (Å²) in [5.74, 6) is -0.560. The van der Waals surface area contributed by atoms with E-state index < -0.39 is 5.82 Å². The zero-order chi connectivity index (χ0) is 15.4. The molecule has 116 valence electrons. The molecule has 21 heavy (non-hydrogen) atoms. The summed E-state index contributed by atoms with van der Waals surface area (Å²) in [7, 11) is 0. The Balaban J connectivity index is 2.06. The van der Waals surface area contributed by atoms with E-state index in [0.29, 0.717) is 11.1 Å². The molecular weight excluding hydrogens is 275 g/mol. The number of halogens is 1. The summed E-state index contributed by atoms with van der Waals surface area (Å²) in [5.41, 5.74) is 6.62. The molecule has 0 radical (unpaired) electrons. The number of hydrogen-bond donors (Lipinski definition) is 2. The standard InChI is InChI=1S/C15H21FN2O3/c1-9-5-13(6-10(2)21-9)20-8-11-3-4-12(16)7-14(11)15(17)18-19/h3-4,7,9-10,13,19H,5-6,8H2,1-2H3,(H2,17,18). The third kappa shape index (κ3) is 4.15.